The van der Waals surface area contributed by atoms with E-state index in [0.29, 0.717) is 11.2 Å². The Bertz CT molecular complexity index is 890. The standard InChI is InChI=1S/C19H19N5OS/c1-13-7-11-16(12-8-13)24-19(21-22-23-24)26-17(14-5-3-2-4-6-14)18(25)20-15-9-10-15/h2-8,11-12,15,17H,9-10H2,1H3,(H,20,25)/t17-/m0/s1. The van der Waals surface area contributed by atoms with Gasteiger partial charge in [-0.05, 0) is 47.9 Å². The Morgan fingerprint density at radius 3 is 2.58 bits per heavy atom. The third kappa shape index (κ3) is 3.77. The molecule has 2 aromatic carbocycles. The predicted molar refractivity (Wildman–Crippen MR) is 100 cm³/mol. The van der Waals surface area contributed by atoms with E-state index < -0.39 is 5.25 Å². The smallest absolute Gasteiger partial charge is 0.238 e. The van der Waals surface area contributed by atoms with Crippen molar-refractivity contribution in [2.24, 2.45) is 0 Å². The fourth-order valence-corrected chi connectivity index (χ4v) is 3.62. The van der Waals surface area contributed by atoms with E-state index in [1.807, 2.05) is 61.5 Å². The molecule has 1 saturated carbocycles. The van der Waals surface area contributed by atoms with Crippen LogP contribution in [0.4, 0.5) is 0 Å². The molecule has 0 spiro atoms. The number of rotatable bonds is 6. The predicted octanol–water partition coefficient (Wildman–Crippen LogP) is 3.08. The van der Waals surface area contributed by atoms with Crippen LogP contribution in [0.1, 0.15) is 29.2 Å². The van der Waals surface area contributed by atoms with Crippen molar-refractivity contribution >= 4 is 17.7 Å². The number of carbonyl (C=O) groups excluding carboxylic acids is 1. The first-order valence-corrected chi connectivity index (χ1v) is 9.46. The first-order valence-electron chi connectivity index (χ1n) is 8.58. The molecule has 1 aliphatic rings. The van der Waals surface area contributed by atoms with Crippen molar-refractivity contribution in [3.8, 4) is 5.69 Å². The van der Waals surface area contributed by atoms with Gasteiger partial charge >= 0.3 is 0 Å². The van der Waals surface area contributed by atoms with Crippen LogP contribution in [-0.2, 0) is 4.79 Å². The second-order valence-electron chi connectivity index (χ2n) is 6.40. The van der Waals surface area contributed by atoms with Gasteiger partial charge in [-0.3, -0.25) is 4.79 Å². The molecule has 6 nitrogen and oxygen atoms in total. The lowest BCUT2D eigenvalue weighted by atomic mass is 10.1. The quantitative estimate of drug-likeness (QED) is 0.680. The summed E-state index contributed by atoms with van der Waals surface area (Å²) in [4.78, 5) is 12.8. The molecular formula is C19H19N5OS. The van der Waals surface area contributed by atoms with E-state index in [2.05, 4.69) is 20.8 Å². The van der Waals surface area contributed by atoms with Crippen LogP contribution in [-0.4, -0.2) is 32.2 Å². The molecule has 0 aliphatic heterocycles. The average molecular weight is 365 g/mol. The highest BCUT2D eigenvalue weighted by Gasteiger charge is 2.30. The molecule has 1 amide bonds. The van der Waals surface area contributed by atoms with E-state index in [0.717, 1.165) is 24.1 Å². The SMILES string of the molecule is Cc1ccc(-n2nnnc2S[C@H](C(=O)NC2CC2)c2ccccc2)cc1. The molecule has 1 heterocycles. The Kier molecular flexibility index (Phi) is 4.71. The fraction of sp³-hybridized carbons (Fsp3) is 0.263. The van der Waals surface area contributed by atoms with E-state index in [-0.39, 0.29) is 5.91 Å². The minimum Gasteiger partial charge on any atom is -0.352 e. The van der Waals surface area contributed by atoms with Crippen molar-refractivity contribution in [1.29, 1.82) is 0 Å². The van der Waals surface area contributed by atoms with Gasteiger partial charge in [0.2, 0.25) is 11.1 Å². The number of hydrogen-bond donors (Lipinski definition) is 1. The summed E-state index contributed by atoms with van der Waals surface area (Å²) in [5, 5.41) is 15.3. The van der Waals surface area contributed by atoms with Crippen LogP contribution in [0, 0.1) is 6.92 Å². The Labute approximate surface area is 156 Å². The summed E-state index contributed by atoms with van der Waals surface area (Å²) in [6.07, 6.45) is 2.11. The first kappa shape index (κ1) is 16.8. The van der Waals surface area contributed by atoms with Gasteiger partial charge in [0.25, 0.3) is 0 Å². The molecule has 1 aromatic heterocycles. The highest BCUT2D eigenvalue weighted by molar-refractivity contribution is 8.00. The minimum absolute atomic E-state index is 0.00200. The monoisotopic (exact) mass is 365 g/mol. The zero-order valence-electron chi connectivity index (χ0n) is 14.4. The van der Waals surface area contributed by atoms with Gasteiger partial charge in [0.15, 0.2) is 0 Å². The third-order valence-electron chi connectivity index (χ3n) is 4.21. The molecule has 0 bridgehead atoms. The lowest BCUT2D eigenvalue weighted by Crippen LogP contribution is -2.29. The molecule has 1 atom stereocenters. The number of carbonyl (C=O) groups is 1. The summed E-state index contributed by atoms with van der Waals surface area (Å²) < 4.78 is 1.67. The van der Waals surface area contributed by atoms with Crippen molar-refractivity contribution in [3.63, 3.8) is 0 Å². The summed E-state index contributed by atoms with van der Waals surface area (Å²) in [7, 11) is 0. The van der Waals surface area contributed by atoms with E-state index in [4.69, 9.17) is 0 Å². The number of tetrazole rings is 1. The summed E-state index contributed by atoms with van der Waals surface area (Å²) in [5.41, 5.74) is 2.98. The lowest BCUT2D eigenvalue weighted by molar-refractivity contribution is -0.120. The number of hydrogen-bond acceptors (Lipinski definition) is 5. The molecule has 7 heteroatoms. The van der Waals surface area contributed by atoms with Crippen LogP contribution >= 0.6 is 11.8 Å². The average Bonchev–Trinajstić information content (AvgIpc) is 3.35. The zero-order valence-corrected chi connectivity index (χ0v) is 15.2. The minimum atomic E-state index is -0.396. The largest absolute Gasteiger partial charge is 0.352 e. The number of thioether (sulfide) groups is 1. The zero-order chi connectivity index (χ0) is 17.9. The number of nitrogens with zero attached hydrogens (tertiary/aromatic N) is 4. The normalized spacial score (nSPS) is 14.8. The summed E-state index contributed by atoms with van der Waals surface area (Å²) in [6, 6.07) is 18.0. The molecule has 3 aromatic rings. The van der Waals surface area contributed by atoms with Gasteiger partial charge in [0.1, 0.15) is 5.25 Å². The maximum atomic E-state index is 12.8. The second kappa shape index (κ2) is 7.29. The Hall–Kier alpha value is -2.67. The van der Waals surface area contributed by atoms with Crippen molar-refractivity contribution in [2.45, 2.75) is 36.2 Å². The summed E-state index contributed by atoms with van der Waals surface area (Å²) >= 11 is 1.37. The van der Waals surface area contributed by atoms with E-state index in [1.54, 1.807) is 4.68 Å². The van der Waals surface area contributed by atoms with Crippen LogP contribution in [0.3, 0.4) is 0 Å². The molecule has 0 radical (unpaired) electrons. The first-order chi connectivity index (χ1) is 12.7. The molecule has 1 fully saturated rings. The number of benzene rings is 2. The van der Waals surface area contributed by atoms with Crippen LogP contribution in [0.5, 0.6) is 0 Å². The molecule has 1 aliphatic carbocycles. The molecule has 26 heavy (non-hydrogen) atoms. The number of amides is 1. The molecule has 0 unspecified atom stereocenters. The van der Waals surface area contributed by atoms with Gasteiger partial charge in [0.05, 0.1) is 5.69 Å². The second-order valence-corrected chi connectivity index (χ2v) is 7.47. The highest BCUT2D eigenvalue weighted by atomic mass is 32.2. The number of aromatic nitrogens is 4. The van der Waals surface area contributed by atoms with Crippen molar-refractivity contribution in [3.05, 3.63) is 65.7 Å². The van der Waals surface area contributed by atoms with E-state index in [9.17, 15) is 4.79 Å². The summed E-state index contributed by atoms with van der Waals surface area (Å²) in [6.45, 7) is 2.03. The van der Waals surface area contributed by atoms with Crippen molar-refractivity contribution in [1.82, 2.24) is 25.5 Å². The van der Waals surface area contributed by atoms with Gasteiger partial charge in [0, 0.05) is 6.04 Å². The van der Waals surface area contributed by atoms with Crippen LogP contribution in [0.25, 0.3) is 5.69 Å². The van der Waals surface area contributed by atoms with Gasteiger partial charge in [-0.1, -0.05) is 59.8 Å². The van der Waals surface area contributed by atoms with Crippen LogP contribution in [0.15, 0.2) is 59.8 Å². The Morgan fingerprint density at radius 2 is 1.88 bits per heavy atom. The summed E-state index contributed by atoms with van der Waals surface area (Å²) in [5.74, 6) is 0.00200. The highest BCUT2D eigenvalue weighted by Crippen LogP contribution is 2.35. The molecule has 4 rings (SSSR count). The molecule has 1 N–H and O–H groups in total. The molecule has 0 saturated heterocycles. The van der Waals surface area contributed by atoms with Gasteiger partial charge in [-0.2, -0.15) is 4.68 Å². The lowest BCUT2D eigenvalue weighted by Gasteiger charge is -2.16. The Balaban J connectivity index is 1.63. The maximum Gasteiger partial charge on any atom is 0.238 e. The number of aryl methyl sites for hydroxylation is 1. The van der Waals surface area contributed by atoms with Crippen LogP contribution in [0.2, 0.25) is 0 Å². The third-order valence-corrected chi connectivity index (χ3v) is 5.39. The topological polar surface area (TPSA) is 72.7 Å². The molecular weight excluding hydrogens is 346 g/mol. The van der Waals surface area contributed by atoms with Crippen molar-refractivity contribution in [2.75, 3.05) is 0 Å². The van der Waals surface area contributed by atoms with Gasteiger partial charge < -0.3 is 5.32 Å². The van der Waals surface area contributed by atoms with E-state index >= 15 is 0 Å². The molecule has 132 valence electrons. The van der Waals surface area contributed by atoms with Gasteiger partial charge in [-0.25, -0.2) is 0 Å². The fourth-order valence-electron chi connectivity index (χ4n) is 2.61. The van der Waals surface area contributed by atoms with Crippen molar-refractivity contribution < 1.29 is 4.79 Å². The van der Waals surface area contributed by atoms with E-state index in [1.165, 1.54) is 17.3 Å². The van der Waals surface area contributed by atoms with Crippen LogP contribution < -0.4 is 5.32 Å². The number of nitrogens with one attached hydrogen (secondary N) is 1. The Morgan fingerprint density at radius 1 is 1.15 bits per heavy atom. The maximum absolute atomic E-state index is 12.8. The van der Waals surface area contributed by atoms with Gasteiger partial charge in [-0.15, -0.1) is 5.10 Å².